The van der Waals surface area contributed by atoms with Crippen molar-refractivity contribution < 1.29 is 0 Å². The third-order valence-corrected chi connectivity index (χ3v) is 4.37. The summed E-state index contributed by atoms with van der Waals surface area (Å²) in [6.07, 6.45) is 5.26. The highest BCUT2D eigenvalue weighted by Gasteiger charge is 2.36. The summed E-state index contributed by atoms with van der Waals surface area (Å²) in [6.45, 7) is 3.07. The molecule has 0 aliphatic heterocycles. The van der Waals surface area contributed by atoms with Gasteiger partial charge in [-0.1, -0.05) is 6.42 Å². The van der Waals surface area contributed by atoms with Crippen LogP contribution in [0.2, 0.25) is 0 Å². The van der Waals surface area contributed by atoms with E-state index < -0.39 is 0 Å². The summed E-state index contributed by atoms with van der Waals surface area (Å²) >= 11 is 1.89. The van der Waals surface area contributed by atoms with Crippen molar-refractivity contribution in [3.63, 3.8) is 0 Å². The van der Waals surface area contributed by atoms with Gasteiger partial charge in [-0.25, -0.2) is 0 Å². The van der Waals surface area contributed by atoms with E-state index in [9.17, 15) is 0 Å². The molecule has 0 radical (unpaired) electrons. The predicted octanol–water partition coefficient (Wildman–Crippen LogP) is 2.73. The van der Waals surface area contributed by atoms with E-state index in [0.29, 0.717) is 5.41 Å². The third-order valence-electron chi connectivity index (χ3n) is 3.35. The van der Waals surface area contributed by atoms with Crippen LogP contribution >= 0.6 is 11.3 Å². The number of rotatable bonds is 3. The molecule has 0 amide bonds. The van der Waals surface area contributed by atoms with Crippen LogP contribution in [0.25, 0.3) is 0 Å². The zero-order valence-corrected chi connectivity index (χ0v) is 8.99. The van der Waals surface area contributed by atoms with Crippen molar-refractivity contribution in [2.75, 3.05) is 6.54 Å². The van der Waals surface area contributed by atoms with Crippen LogP contribution < -0.4 is 5.73 Å². The Bertz CT molecular complexity index is 281. The van der Waals surface area contributed by atoms with Crippen molar-refractivity contribution in [3.8, 4) is 0 Å². The van der Waals surface area contributed by atoms with Crippen LogP contribution in [0.5, 0.6) is 0 Å². The monoisotopic (exact) mass is 195 g/mol. The van der Waals surface area contributed by atoms with Gasteiger partial charge in [-0.15, -0.1) is 11.3 Å². The van der Waals surface area contributed by atoms with Gasteiger partial charge in [0.15, 0.2) is 0 Å². The highest BCUT2D eigenvalue weighted by atomic mass is 32.1. The first-order valence-electron chi connectivity index (χ1n) is 4.99. The molecule has 72 valence electrons. The van der Waals surface area contributed by atoms with Gasteiger partial charge in [0.25, 0.3) is 0 Å². The lowest BCUT2D eigenvalue weighted by Crippen LogP contribution is -2.39. The van der Waals surface area contributed by atoms with Crippen molar-refractivity contribution in [2.24, 2.45) is 11.1 Å². The Hall–Kier alpha value is -0.340. The first-order chi connectivity index (χ1) is 6.26. The van der Waals surface area contributed by atoms with Gasteiger partial charge in [0.1, 0.15) is 0 Å². The molecule has 2 N–H and O–H groups in total. The summed E-state index contributed by atoms with van der Waals surface area (Å²) in [5.74, 6) is 0. The zero-order chi connectivity index (χ0) is 9.31. The molecule has 1 aromatic heterocycles. The lowest BCUT2D eigenvalue weighted by Gasteiger charge is -2.41. The van der Waals surface area contributed by atoms with E-state index in [-0.39, 0.29) is 0 Å². The molecule has 0 spiro atoms. The standard InChI is InChI=1S/C11H17NS/c1-9-3-6-13-10(9)7-11(8-12)4-2-5-11/h3,6H,2,4-5,7-8,12H2,1H3. The van der Waals surface area contributed by atoms with Gasteiger partial charge in [-0.2, -0.15) is 0 Å². The Kier molecular flexibility index (Phi) is 2.43. The highest BCUT2D eigenvalue weighted by Crippen LogP contribution is 2.43. The van der Waals surface area contributed by atoms with Crippen LogP contribution in [0.4, 0.5) is 0 Å². The van der Waals surface area contributed by atoms with Gasteiger partial charge in [-0.3, -0.25) is 0 Å². The van der Waals surface area contributed by atoms with Crippen LogP contribution in [-0.2, 0) is 6.42 Å². The van der Waals surface area contributed by atoms with Gasteiger partial charge in [0.2, 0.25) is 0 Å². The summed E-state index contributed by atoms with van der Waals surface area (Å²) < 4.78 is 0. The first kappa shape index (κ1) is 9.22. The van der Waals surface area contributed by atoms with E-state index in [4.69, 9.17) is 5.73 Å². The molecule has 1 aliphatic rings. The summed E-state index contributed by atoms with van der Waals surface area (Å²) in [4.78, 5) is 1.55. The maximum atomic E-state index is 5.84. The smallest absolute Gasteiger partial charge is 0.00804 e. The van der Waals surface area contributed by atoms with E-state index in [1.165, 1.54) is 31.2 Å². The lowest BCUT2D eigenvalue weighted by atomic mass is 9.66. The minimum Gasteiger partial charge on any atom is -0.330 e. The Morgan fingerprint density at radius 3 is 2.69 bits per heavy atom. The molecule has 0 unspecified atom stereocenters. The second kappa shape index (κ2) is 3.43. The second-order valence-electron chi connectivity index (χ2n) is 4.26. The van der Waals surface area contributed by atoms with E-state index in [0.717, 1.165) is 6.54 Å². The maximum Gasteiger partial charge on any atom is 0.00804 e. The minimum absolute atomic E-state index is 0.468. The van der Waals surface area contributed by atoms with Crippen LogP contribution in [-0.4, -0.2) is 6.54 Å². The molecular weight excluding hydrogens is 178 g/mol. The molecule has 2 heteroatoms. The molecule has 1 nitrogen and oxygen atoms in total. The first-order valence-corrected chi connectivity index (χ1v) is 5.87. The summed E-state index contributed by atoms with van der Waals surface area (Å²) in [7, 11) is 0. The SMILES string of the molecule is Cc1ccsc1CC1(CN)CCC1. The molecule has 1 aromatic rings. The minimum atomic E-state index is 0.468. The van der Waals surface area contributed by atoms with Gasteiger partial charge < -0.3 is 5.73 Å². The fraction of sp³-hybridized carbons (Fsp3) is 0.636. The molecule has 13 heavy (non-hydrogen) atoms. The number of aryl methyl sites for hydroxylation is 1. The second-order valence-corrected chi connectivity index (χ2v) is 5.26. The Morgan fingerprint density at radius 1 is 1.54 bits per heavy atom. The van der Waals surface area contributed by atoms with E-state index in [2.05, 4.69) is 18.4 Å². The van der Waals surface area contributed by atoms with Crippen molar-refractivity contribution in [2.45, 2.75) is 32.6 Å². The molecule has 0 saturated heterocycles. The topological polar surface area (TPSA) is 26.0 Å². The third kappa shape index (κ3) is 1.65. The summed E-state index contributed by atoms with van der Waals surface area (Å²) in [5.41, 5.74) is 7.76. The molecule has 0 bridgehead atoms. The number of nitrogens with two attached hydrogens (primary N) is 1. The van der Waals surface area contributed by atoms with Gasteiger partial charge >= 0.3 is 0 Å². The van der Waals surface area contributed by atoms with Crippen LogP contribution in [0, 0.1) is 12.3 Å². The molecule has 1 fully saturated rings. The van der Waals surface area contributed by atoms with Gasteiger partial charge in [0, 0.05) is 4.88 Å². The van der Waals surface area contributed by atoms with E-state index in [1.54, 1.807) is 4.88 Å². The molecular formula is C11H17NS. The van der Waals surface area contributed by atoms with Crippen molar-refractivity contribution in [1.82, 2.24) is 0 Å². The average Bonchev–Trinajstić information content (AvgIpc) is 2.44. The average molecular weight is 195 g/mol. The normalized spacial score (nSPS) is 19.8. The highest BCUT2D eigenvalue weighted by molar-refractivity contribution is 7.10. The Labute approximate surface area is 84.0 Å². The molecule has 0 atom stereocenters. The van der Waals surface area contributed by atoms with Crippen LogP contribution in [0.3, 0.4) is 0 Å². The van der Waals surface area contributed by atoms with Crippen LogP contribution in [0.15, 0.2) is 11.4 Å². The number of thiophene rings is 1. The molecule has 1 aliphatic carbocycles. The Morgan fingerprint density at radius 2 is 2.31 bits per heavy atom. The quantitative estimate of drug-likeness (QED) is 0.788. The predicted molar refractivity (Wildman–Crippen MR) is 58.1 cm³/mol. The molecule has 1 heterocycles. The fourth-order valence-corrected chi connectivity index (χ4v) is 3.14. The largest absolute Gasteiger partial charge is 0.330 e. The van der Waals surface area contributed by atoms with E-state index >= 15 is 0 Å². The maximum absolute atomic E-state index is 5.84. The Balaban J connectivity index is 2.08. The zero-order valence-electron chi connectivity index (χ0n) is 8.18. The van der Waals surface area contributed by atoms with E-state index in [1.807, 2.05) is 11.3 Å². The van der Waals surface area contributed by atoms with Crippen LogP contribution in [0.1, 0.15) is 29.7 Å². The lowest BCUT2D eigenvalue weighted by molar-refractivity contribution is 0.146. The molecule has 1 saturated carbocycles. The summed E-state index contributed by atoms with van der Waals surface area (Å²) in [6, 6.07) is 2.21. The molecule has 2 rings (SSSR count). The number of hydrogen-bond donors (Lipinski definition) is 1. The van der Waals surface area contributed by atoms with Crippen molar-refractivity contribution in [1.29, 1.82) is 0 Å². The number of hydrogen-bond acceptors (Lipinski definition) is 2. The van der Waals surface area contributed by atoms with Crippen molar-refractivity contribution in [3.05, 3.63) is 21.9 Å². The van der Waals surface area contributed by atoms with Gasteiger partial charge in [-0.05, 0) is 55.2 Å². The summed E-state index contributed by atoms with van der Waals surface area (Å²) in [5, 5.41) is 2.19. The fourth-order valence-electron chi connectivity index (χ4n) is 2.06. The molecule has 0 aromatic carbocycles. The van der Waals surface area contributed by atoms with Gasteiger partial charge in [0.05, 0.1) is 0 Å². The van der Waals surface area contributed by atoms with Crippen molar-refractivity contribution >= 4 is 11.3 Å².